The van der Waals surface area contributed by atoms with Crippen LogP contribution in [0.4, 0.5) is 18.9 Å². The molecular formula is C22H20F3NO2. The number of hydrogen-bond acceptors (Lipinski definition) is 3. The molecule has 6 heteroatoms. The molecule has 0 saturated carbocycles. The Morgan fingerprint density at radius 2 is 1.61 bits per heavy atom. The van der Waals surface area contributed by atoms with Crippen LogP contribution in [0.15, 0.2) is 78.9 Å². The number of ether oxygens (including phenoxy) is 1. The van der Waals surface area contributed by atoms with Crippen molar-refractivity contribution in [2.45, 2.75) is 12.8 Å². The van der Waals surface area contributed by atoms with Crippen LogP contribution in [0.2, 0.25) is 0 Å². The highest BCUT2D eigenvalue weighted by Crippen LogP contribution is 2.29. The van der Waals surface area contributed by atoms with Crippen LogP contribution < -0.4 is 10.1 Å². The average Bonchev–Trinajstić information content (AvgIpc) is 2.73. The van der Waals surface area contributed by atoms with Crippen LogP contribution in [-0.2, 0) is 12.8 Å². The van der Waals surface area contributed by atoms with E-state index in [4.69, 9.17) is 4.74 Å². The molecule has 0 aliphatic carbocycles. The molecule has 0 aromatic heterocycles. The Bertz CT molecular complexity index is 863. The van der Waals surface area contributed by atoms with Gasteiger partial charge in [-0.25, -0.2) is 0 Å². The smallest absolute Gasteiger partial charge is 0.416 e. The highest BCUT2D eigenvalue weighted by Gasteiger charge is 2.29. The average molecular weight is 387 g/mol. The second-order valence-electron chi connectivity index (χ2n) is 5.79. The predicted octanol–water partition coefficient (Wildman–Crippen LogP) is 5.83. The molecule has 3 aromatic rings. The van der Waals surface area contributed by atoms with Gasteiger partial charge >= 0.3 is 6.18 Å². The van der Waals surface area contributed by atoms with Crippen molar-refractivity contribution in [3.63, 3.8) is 0 Å². The maximum atomic E-state index is 12.4. The van der Waals surface area contributed by atoms with E-state index in [1.807, 2.05) is 37.4 Å². The van der Waals surface area contributed by atoms with Gasteiger partial charge in [-0.05, 0) is 42.0 Å². The summed E-state index contributed by atoms with van der Waals surface area (Å²) in [6, 6.07) is 21.4. The third-order valence-corrected chi connectivity index (χ3v) is 3.74. The highest BCUT2D eigenvalue weighted by atomic mass is 19.4. The minimum absolute atomic E-state index is 0.139. The number of rotatable bonds is 5. The van der Waals surface area contributed by atoms with Gasteiger partial charge in [0, 0.05) is 18.3 Å². The summed E-state index contributed by atoms with van der Waals surface area (Å²) in [5.41, 5.74) is 1.57. The van der Waals surface area contributed by atoms with Gasteiger partial charge in [-0.15, -0.1) is 0 Å². The van der Waals surface area contributed by atoms with Gasteiger partial charge in [0.1, 0.15) is 18.6 Å². The van der Waals surface area contributed by atoms with E-state index in [-0.39, 0.29) is 6.61 Å². The number of carbonyl (C=O) groups excluding carboxylic acids is 1. The first-order chi connectivity index (χ1) is 13.4. The molecule has 0 saturated heterocycles. The summed E-state index contributed by atoms with van der Waals surface area (Å²) in [5, 5.41) is 3.03. The topological polar surface area (TPSA) is 38.3 Å². The summed E-state index contributed by atoms with van der Waals surface area (Å²) in [6.45, 7) is 0.139. The maximum absolute atomic E-state index is 12.4. The Morgan fingerprint density at radius 3 is 2.14 bits per heavy atom. The normalized spacial score (nSPS) is 10.4. The van der Waals surface area contributed by atoms with Crippen LogP contribution >= 0.6 is 0 Å². The molecule has 28 heavy (non-hydrogen) atoms. The Balaban J connectivity index is 0.000000292. The lowest BCUT2D eigenvalue weighted by molar-refractivity contribution is -0.137. The summed E-state index contributed by atoms with van der Waals surface area (Å²) in [7, 11) is 1.91. The fourth-order valence-corrected chi connectivity index (χ4v) is 2.24. The predicted molar refractivity (Wildman–Crippen MR) is 104 cm³/mol. The Kier molecular flexibility index (Phi) is 7.63. The first-order valence-electron chi connectivity index (χ1n) is 8.49. The summed E-state index contributed by atoms with van der Waals surface area (Å²) < 4.78 is 42.6. The third kappa shape index (κ3) is 6.79. The number of anilines is 1. The van der Waals surface area contributed by atoms with E-state index in [1.165, 1.54) is 12.1 Å². The van der Waals surface area contributed by atoms with Gasteiger partial charge in [0.25, 0.3) is 0 Å². The maximum Gasteiger partial charge on any atom is 0.416 e. The van der Waals surface area contributed by atoms with Crippen LogP contribution in [-0.4, -0.2) is 13.3 Å². The number of alkyl halides is 3. The molecule has 0 bridgehead atoms. The Labute approximate surface area is 161 Å². The van der Waals surface area contributed by atoms with Gasteiger partial charge in [-0.2, -0.15) is 13.2 Å². The molecule has 0 aliphatic heterocycles. The van der Waals surface area contributed by atoms with E-state index in [9.17, 15) is 18.0 Å². The van der Waals surface area contributed by atoms with Gasteiger partial charge in [-0.3, -0.25) is 4.79 Å². The molecule has 1 N–H and O–H groups in total. The summed E-state index contributed by atoms with van der Waals surface area (Å²) in [5.74, 6) is 0.495. The van der Waals surface area contributed by atoms with E-state index in [0.29, 0.717) is 23.2 Å². The minimum Gasteiger partial charge on any atom is -0.489 e. The third-order valence-electron chi connectivity index (χ3n) is 3.74. The highest BCUT2D eigenvalue weighted by molar-refractivity contribution is 5.75. The van der Waals surface area contributed by atoms with Crippen molar-refractivity contribution in [3.8, 4) is 5.75 Å². The molecule has 0 unspecified atom stereocenters. The van der Waals surface area contributed by atoms with E-state index < -0.39 is 11.7 Å². The monoisotopic (exact) mass is 387 g/mol. The first kappa shape index (κ1) is 21.0. The number of halogens is 3. The molecule has 0 spiro atoms. The van der Waals surface area contributed by atoms with Gasteiger partial charge < -0.3 is 10.1 Å². The number of benzene rings is 3. The van der Waals surface area contributed by atoms with Crippen molar-refractivity contribution in [1.29, 1.82) is 0 Å². The van der Waals surface area contributed by atoms with Crippen LogP contribution in [0.5, 0.6) is 5.75 Å². The first-order valence-corrected chi connectivity index (χ1v) is 8.49. The van der Waals surface area contributed by atoms with Crippen LogP contribution in [0.3, 0.4) is 0 Å². The van der Waals surface area contributed by atoms with Crippen molar-refractivity contribution in [2.75, 3.05) is 12.4 Å². The quantitative estimate of drug-likeness (QED) is 0.560. The van der Waals surface area contributed by atoms with Gasteiger partial charge in [0.05, 0.1) is 5.56 Å². The zero-order chi connectivity index (χ0) is 20.4. The SMILES string of the molecule is CNc1ccccc1.O=Cc1cccc(OCc2ccc(C(F)(F)F)cc2)c1. The second-order valence-corrected chi connectivity index (χ2v) is 5.79. The lowest BCUT2D eigenvalue weighted by atomic mass is 10.1. The number of nitrogens with one attached hydrogen (secondary N) is 1. The van der Waals surface area contributed by atoms with E-state index in [0.717, 1.165) is 17.8 Å². The molecule has 3 aromatic carbocycles. The zero-order valence-electron chi connectivity index (χ0n) is 15.2. The summed E-state index contributed by atoms with van der Waals surface area (Å²) >= 11 is 0. The van der Waals surface area contributed by atoms with Gasteiger partial charge in [0.15, 0.2) is 0 Å². The largest absolute Gasteiger partial charge is 0.489 e. The minimum atomic E-state index is -4.34. The Hall–Kier alpha value is -3.28. The molecule has 0 amide bonds. The number of carbonyl (C=O) groups is 1. The lowest BCUT2D eigenvalue weighted by Crippen LogP contribution is -2.05. The fourth-order valence-electron chi connectivity index (χ4n) is 2.24. The van der Waals surface area contributed by atoms with Crippen LogP contribution in [0, 0.1) is 0 Å². The van der Waals surface area contributed by atoms with Crippen molar-refractivity contribution < 1.29 is 22.7 Å². The Morgan fingerprint density at radius 1 is 0.929 bits per heavy atom. The summed E-state index contributed by atoms with van der Waals surface area (Å²) in [4.78, 5) is 10.6. The molecule has 0 radical (unpaired) electrons. The van der Waals surface area contributed by atoms with Gasteiger partial charge in [-0.1, -0.05) is 42.5 Å². The van der Waals surface area contributed by atoms with E-state index >= 15 is 0 Å². The molecule has 0 fully saturated rings. The number of aldehydes is 1. The second kappa shape index (κ2) is 10.2. The van der Waals surface area contributed by atoms with Crippen LogP contribution in [0.25, 0.3) is 0 Å². The molecule has 0 aliphatic rings. The molecule has 3 nitrogen and oxygen atoms in total. The van der Waals surface area contributed by atoms with Crippen molar-refractivity contribution in [2.24, 2.45) is 0 Å². The zero-order valence-corrected chi connectivity index (χ0v) is 15.2. The summed E-state index contributed by atoms with van der Waals surface area (Å²) in [6.07, 6.45) is -3.64. The van der Waals surface area contributed by atoms with Crippen molar-refractivity contribution in [1.82, 2.24) is 0 Å². The number of para-hydroxylation sites is 1. The van der Waals surface area contributed by atoms with Crippen molar-refractivity contribution >= 4 is 12.0 Å². The van der Waals surface area contributed by atoms with Crippen LogP contribution in [0.1, 0.15) is 21.5 Å². The van der Waals surface area contributed by atoms with E-state index in [2.05, 4.69) is 5.32 Å². The fraction of sp³-hybridized carbons (Fsp3) is 0.136. The lowest BCUT2D eigenvalue weighted by Gasteiger charge is -2.09. The van der Waals surface area contributed by atoms with Gasteiger partial charge in [0.2, 0.25) is 0 Å². The van der Waals surface area contributed by atoms with Crippen molar-refractivity contribution in [3.05, 3.63) is 95.6 Å². The molecule has 0 heterocycles. The standard InChI is InChI=1S/C15H11F3O2.C7H9N/c16-15(17,18)13-6-4-11(5-7-13)10-20-14-3-1-2-12(8-14)9-19;1-8-7-5-3-2-4-6-7/h1-9H,10H2;2-6,8H,1H3. The van der Waals surface area contributed by atoms with E-state index in [1.54, 1.807) is 24.3 Å². The number of hydrogen-bond donors (Lipinski definition) is 1. The molecular weight excluding hydrogens is 367 g/mol. The molecule has 146 valence electrons. The molecule has 0 atom stereocenters. The molecule has 3 rings (SSSR count).